The first-order valence-corrected chi connectivity index (χ1v) is 3.72. The van der Waals surface area contributed by atoms with E-state index in [0.717, 1.165) is 0 Å². The molecule has 1 aliphatic rings. The molecule has 0 saturated carbocycles. The molecule has 0 aliphatic carbocycles. The Labute approximate surface area is 106 Å². The third kappa shape index (κ3) is 4.30. The van der Waals surface area contributed by atoms with Crippen molar-refractivity contribution in [1.82, 2.24) is 0 Å². The van der Waals surface area contributed by atoms with Crippen LogP contribution in [0.15, 0.2) is 0 Å². The molecule has 1 unspecified atom stereocenters. The molecule has 5 nitrogen and oxygen atoms in total. The summed E-state index contributed by atoms with van der Waals surface area (Å²) in [5.74, 6) is 0. The van der Waals surface area contributed by atoms with Crippen molar-refractivity contribution in [2.45, 2.75) is 0 Å². The molecule has 0 amide bonds. The van der Waals surface area contributed by atoms with E-state index in [4.69, 9.17) is 9.79 Å². The van der Waals surface area contributed by atoms with Crippen LogP contribution in [0.1, 0.15) is 5.71 Å². The van der Waals surface area contributed by atoms with Crippen LogP contribution in [-0.2, 0) is 13.7 Å². The van der Waals surface area contributed by atoms with Gasteiger partial charge in [-0.3, -0.25) is 0 Å². The van der Waals surface area contributed by atoms with Crippen molar-refractivity contribution in [3.63, 3.8) is 0 Å². The maximum atomic E-state index is 8.40. The Morgan fingerprint density at radius 2 is 1.78 bits per heavy atom. The molecule has 1 atom stereocenters. The summed E-state index contributed by atoms with van der Waals surface area (Å²) >= 11 is 0. The van der Waals surface area contributed by atoms with E-state index in [1.807, 2.05) is 0 Å². The molecule has 9 heavy (non-hydrogen) atoms. The van der Waals surface area contributed by atoms with Crippen LogP contribution < -0.4 is 0 Å². The minimum absolute atomic E-state index is 0. The van der Waals surface area contributed by atoms with Gasteiger partial charge < -0.3 is 5.71 Å². The minimum Gasteiger partial charge on any atom is -1.00 e. The molecule has 9 heteroatoms. The van der Waals surface area contributed by atoms with Crippen molar-refractivity contribution in [3.8, 4) is 0 Å². The molecule has 0 aromatic rings. The van der Waals surface area contributed by atoms with Crippen molar-refractivity contribution >= 4 is 78.0 Å². The van der Waals surface area contributed by atoms with Gasteiger partial charge >= 0.3 is 101 Å². The molecule has 1 aliphatic heterocycles. The number of hydrogen-bond donors (Lipinski definition) is 2. The van der Waals surface area contributed by atoms with E-state index in [9.17, 15) is 0 Å². The van der Waals surface area contributed by atoms with Crippen molar-refractivity contribution in [2.24, 2.45) is 0 Å². The summed E-state index contributed by atoms with van der Waals surface area (Å²) in [7, 11) is -2.74. The smallest absolute Gasteiger partial charge is 1.00 e. The molecule has 0 aromatic carbocycles. The standard InChI is InChI=1S/Ca.Mg.H4O5P2.4H/c;;1-7(2,5-6)3-4-7;;;;/h;;1-2H,6H2;;;;/q2*+2;;4*-1. The van der Waals surface area contributed by atoms with Gasteiger partial charge in [0.05, 0.1) is 0 Å². The van der Waals surface area contributed by atoms with Gasteiger partial charge in [0.25, 0.3) is 0 Å². The largest absolute Gasteiger partial charge is 2.00 e. The van der Waals surface area contributed by atoms with Crippen LogP contribution >= 0.6 is 17.2 Å². The third-order valence-corrected chi connectivity index (χ3v) is 2.43. The summed E-state index contributed by atoms with van der Waals surface area (Å²) < 4.78 is 11.4. The molecule has 0 aromatic heterocycles. The monoisotopic (exact) mass is 214 g/mol. The van der Waals surface area contributed by atoms with Crippen LogP contribution in [0.25, 0.3) is 0 Å². The van der Waals surface area contributed by atoms with Gasteiger partial charge in [0.1, 0.15) is 0 Å². The van der Waals surface area contributed by atoms with Crippen LogP contribution in [-0.4, -0.2) is 70.6 Å². The minimum atomic E-state index is -4.36. The van der Waals surface area contributed by atoms with E-state index in [1.54, 1.807) is 9.47 Å². The normalized spacial score (nSPS) is 29.9. The molecule has 0 spiro atoms. The SMILES string of the molecule is OP1(O)(OP)OO1.[Ca+2].[H-].[H-].[H-].[H-].[Mg+2]. The van der Waals surface area contributed by atoms with Gasteiger partial charge in [-0.25, -0.2) is 0 Å². The zero-order valence-electron chi connectivity index (χ0n) is 8.56. The molecule has 1 fully saturated rings. The van der Waals surface area contributed by atoms with Gasteiger partial charge in [-0.2, -0.15) is 0 Å². The Hall–Kier alpha value is 2.69. The second-order valence-corrected chi connectivity index (χ2v) is 3.80. The van der Waals surface area contributed by atoms with Crippen molar-refractivity contribution in [1.29, 1.82) is 0 Å². The van der Waals surface area contributed by atoms with Gasteiger partial charge in [-0.05, 0) is 0 Å². The van der Waals surface area contributed by atoms with Crippen LogP contribution in [0, 0.1) is 0 Å². The van der Waals surface area contributed by atoms with Crippen LogP contribution in [0.5, 0.6) is 0 Å². The van der Waals surface area contributed by atoms with E-state index in [0.29, 0.717) is 0 Å². The first-order valence-electron chi connectivity index (χ1n) is 1.35. The zero-order valence-corrected chi connectivity index (χ0v) is 10.2. The summed E-state index contributed by atoms with van der Waals surface area (Å²) in [5, 5.41) is 0. The average molecular weight is 214 g/mol. The molecular formula is H8CaMgO5P2. The molecule has 2 N–H and O–H groups in total. The Bertz CT molecular complexity index is 109. The number of rotatable bonds is 1. The fourth-order valence-corrected chi connectivity index (χ4v) is 0.707. The third-order valence-electron chi connectivity index (χ3n) is 0.449. The van der Waals surface area contributed by atoms with Crippen LogP contribution in [0.3, 0.4) is 0 Å². The molecule has 52 valence electrons. The fraction of sp³-hybridized carbons (Fsp3) is 0. The van der Waals surface area contributed by atoms with Crippen LogP contribution in [0.4, 0.5) is 0 Å². The van der Waals surface area contributed by atoms with E-state index >= 15 is 0 Å². The maximum absolute atomic E-state index is 8.40. The van der Waals surface area contributed by atoms with E-state index < -0.39 is 7.74 Å². The summed E-state index contributed by atoms with van der Waals surface area (Å²) in [6.45, 7) is 0. The Kier molecular flexibility index (Phi) is 6.44. The predicted molar refractivity (Wildman–Crippen MR) is 40.3 cm³/mol. The molecular weight excluding hydrogens is 206 g/mol. The molecule has 1 heterocycles. The maximum Gasteiger partial charge on any atom is 2.00 e. The fourth-order valence-electron chi connectivity index (χ4n) is 0.0786. The van der Waals surface area contributed by atoms with E-state index in [2.05, 4.69) is 13.7 Å². The second-order valence-electron chi connectivity index (χ2n) is 1.06. The predicted octanol–water partition coefficient (Wildman–Crippen LogP) is -0.444. The van der Waals surface area contributed by atoms with Gasteiger partial charge in [0.2, 0.25) is 0 Å². The summed E-state index contributed by atoms with van der Waals surface area (Å²) in [6, 6.07) is 0. The van der Waals surface area contributed by atoms with Gasteiger partial charge in [-0.1, -0.05) is 0 Å². The quantitative estimate of drug-likeness (QED) is 0.268. The zero-order chi connectivity index (χ0) is 5.57. The first-order chi connectivity index (χ1) is 3.05. The van der Waals surface area contributed by atoms with Gasteiger partial charge in [0.15, 0.2) is 0 Å². The van der Waals surface area contributed by atoms with E-state index in [1.165, 1.54) is 0 Å². The molecule has 0 radical (unpaired) electrons. The van der Waals surface area contributed by atoms with Gasteiger partial charge in [-0.15, -0.1) is 0 Å². The Morgan fingerprint density at radius 1 is 1.44 bits per heavy atom. The summed E-state index contributed by atoms with van der Waals surface area (Å²) in [4.78, 5) is 16.8. The van der Waals surface area contributed by atoms with Crippen molar-refractivity contribution in [2.75, 3.05) is 0 Å². The summed E-state index contributed by atoms with van der Waals surface area (Å²) in [5.41, 5.74) is 0. The molecule has 1 rings (SSSR count). The first kappa shape index (κ1) is 14.2. The average Bonchev–Trinajstić information content (AvgIpc) is 2.20. The summed E-state index contributed by atoms with van der Waals surface area (Å²) in [6.07, 6.45) is 0. The Balaban J connectivity index is -0.0000000204. The van der Waals surface area contributed by atoms with Gasteiger partial charge in [0, 0.05) is 0 Å². The van der Waals surface area contributed by atoms with E-state index in [-0.39, 0.29) is 66.5 Å². The molecule has 1 saturated heterocycles. The molecule has 0 bridgehead atoms. The second kappa shape index (κ2) is 4.07. The topological polar surface area (TPSA) is 74.8 Å². The number of hydrogen-bond acceptors (Lipinski definition) is 5. The van der Waals surface area contributed by atoms with Crippen molar-refractivity contribution in [3.05, 3.63) is 0 Å². The van der Waals surface area contributed by atoms with Crippen LogP contribution in [0.2, 0.25) is 0 Å². The van der Waals surface area contributed by atoms with Crippen molar-refractivity contribution < 1.29 is 29.2 Å². The Morgan fingerprint density at radius 3 is 1.78 bits per heavy atom.